The zero-order chi connectivity index (χ0) is 44.0. The van der Waals surface area contributed by atoms with Crippen LogP contribution in [0.4, 0.5) is 0 Å². The van der Waals surface area contributed by atoms with Gasteiger partial charge in [-0.15, -0.1) is 0 Å². The Bertz CT molecular complexity index is 4300. The lowest BCUT2D eigenvalue weighted by atomic mass is 10.0. The normalized spacial score (nSPS) is 11.9. The predicted molar refractivity (Wildman–Crippen MR) is 271 cm³/mol. The van der Waals surface area contributed by atoms with E-state index in [0.717, 1.165) is 82.8 Å². The van der Waals surface area contributed by atoms with Crippen molar-refractivity contribution in [3.63, 3.8) is 0 Å². The number of benzene rings is 9. The van der Waals surface area contributed by atoms with Gasteiger partial charge in [0.2, 0.25) is 0 Å². The average Bonchev–Trinajstić information content (AvgIpc) is 4.08. The summed E-state index contributed by atoms with van der Waals surface area (Å²) in [6.07, 6.45) is 3.57. The Labute approximate surface area is 382 Å². The van der Waals surface area contributed by atoms with Crippen LogP contribution in [0.3, 0.4) is 0 Å². The third kappa shape index (κ3) is 5.99. The summed E-state index contributed by atoms with van der Waals surface area (Å²) in [5, 5.41) is 8.89. The van der Waals surface area contributed by atoms with Crippen molar-refractivity contribution in [3.8, 4) is 62.1 Å². The maximum Gasteiger partial charge on any atom is 0.166 e. The van der Waals surface area contributed by atoms with Crippen LogP contribution in [0.1, 0.15) is 0 Å². The van der Waals surface area contributed by atoms with Crippen LogP contribution < -0.4 is 0 Å². The van der Waals surface area contributed by atoms with E-state index in [9.17, 15) is 0 Å². The molecule has 0 aliphatic carbocycles. The summed E-state index contributed by atoms with van der Waals surface area (Å²) in [6, 6.07) is 70.2. The smallest absolute Gasteiger partial charge is 0.166 e. The summed E-state index contributed by atoms with van der Waals surface area (Å²) in [7, 11) is 0. The first-order valence-electron chi connectivity index (χ1n) is 22.3. The molecule has 7 nitrogen and oxygen atoms in total. The second-order valence-corrected chi connectivity index (χ2v) is 17.0. The van der Waals surface area contributed by atoms with E-state index in [2.05, 4.69) is 167 Å². The molecule has 0 N–H and O–H groups in total. The Morgan fingerprint density at radius 1 is 0.328 bits per heavy atom. The highest BCUT2D eigenvalue weighted by molar-refractivity contribution is 6.22. The molecule has 0 aliphatic heterocycles. The molecule has 7 heteroatoms. The number of hydrogen-bond donors (Lipinski definition) is 0. The van der Waals surface area contributed by atoms with Gasteiger partial charge in [-0.25, -0.2) is 15.0 Å². The number of fused-ring (bicyclic) bond motifs is 11. The summed E-state index contributed by atoms with van der Waals surface area (Å²) in [5.74, 6) is 1.55. The summed E-state index contributed by atoms with van der Waals surface area (Å²) >= 11 is 0. The van der Waals surface area contributed by atoms with Gasteiger partial charge in [0.15, 0.2) is 23.1 Å². The van der Waals surface area contributed by atoms with Crippen molar-refractivity contribution in [2.24, 2.45) is 0 Å². The van der Waals surface area contributed by atoms with Crippen molar-refractivity contribution >= 4 is 76.5 Å². The fourth-order valence-electron chi connectivity index (χ4n) is 10.0. The van der Waals surface area contributed by atoms with Gasteiger partial charge >= 0.3 is 0 Å². The summed E-state index contributed by atoms with van der Waals surface area (Å²) in [6.45, 7) is 0. The van der Waals surface area contributed by atoms with Crippen LogP contribution in [0.2, 0.25) is 0 Å². The molecule has 0 saturated heterocycles. The summed E-state index contributed by atoms with van der Waals surface area (Å²) in [5.41, 5.74) is 13.3. The van der Waals surface area contributed by atoms with E-state index < -0.39 is 0 Å². The van der Waals surface area contributed by atoms with Gasteiger partial charge in [0.25, 0.3) is 0 Å². The van der Waals surface area contributed by atoms with Gasteiger partial charge in [-0.05, 0) is 87.6 Å². The van der Waals surface area contributed by atoms with Crippen molar-refractivity contribution in [1.82, 2.24) is 24.5 Å². The van der Waals surface area contributed by atoms with Crippen LogP contribution >= 0.6 is 0 Å². The molecule has 9 aromatic carbocycles. The minimum absolute atomic E-state index is 0.496. The molecule has 0 radical (unpaired) electrons. The molecule has 312 valence electrons. The Morgan fingerprint density at radius 2 is 0.940 bits per heavy atom. The molecule has 0 unspecified atom stereocenters. The first-order valence-corrected chi connectivity index (χ1v) is 22.3. The molecule has 0 spiro atoms. The van der Waals surface area contributed by atoms with Crippen LogP contribution in [0.5, 0.6) is 0 Å². The molecule has 0 fully saturated rings. The zero-order valence-electron chi connectivity index (χ0n) is 35.8. The Hall–Kier alpha value is -9.20. The average molecular weight is 858 g/mol. The van der Waals surface area contributed by atoms with E-state index in [-0.39, 0.29) is 0 Å². The van der Waals surface area contributed by atoms with Crippen LogP contribution in [0.25, 0.3) is 139 Å². The molecule has 5 aromatic heterocycles. The lowest BCUT2D eigenvalue weighted by Gasteiger charge is -2.12. The van der Waals surface area contributed by atoms with E-state index in [1.54, 1.807) is 6.20 Å². The summed E-state index contributed by atoms with van der Waals surface area (Å²) in [4.78, 5) is 20.2. The van der Waals surface area contributed by atoms with Gasteiger partial charge < -0.3 is 13.4 Å². The Morgan fingerprint density at radius 3 is 1.81 bits per heavy atom. The maximum atomic E-state index is 6.34. The highest BCUT2D eigenvalue weighted by Crippen LogP contribution is 2.41. The standard InChI is InChI=1S/C60H35N5O2/c1-2-12-36(13-3-1)40-24-28-47-51(32-40)65(50-29-26-37-14-4-5-19-44(37)56(47)50)43-18-11-16-39(31-43)38-15-10-17-41(30-38)58-62-59(42-25-27-46-45-20-6-8-22-52(45)66-54(46)33-42)64-60(63-58)49-34-61-35-55-57(49)48-21-7-9-23-53(48)67-55/h1-35H. The highest BCUT2D eigenvalue weighted by atomic mass is 16.3. The molecule has 67 heavy (non-hydrogen) atoms. The zero-order valence-corrected chi connectivity index (χ0v) is 35.8. The minimum atomic E-state index is 0.496. The molecule has 14 aromatic rings. The number of aromatic nitrogens is 5. The van der Waals surface area contributed by atoms with E-state index >= 15 is 0 Å². The SMILES string of the molecule is c1ccc(-c2ccc3c4c5ccccc5ccc4n(-c4cccc(-c5cccc(-c6nc(-c7ccc8c(c7)oc7ccccc78)nc(-c7cncc8oc9ccccc9c78)n6)c5)c4)c3c2)cc1. The molecular formula is C60H35N5O2. The van der Waals surface area contributed by atoms with E-state index in [4.69, 9.17) is 23.8 Å². The fourth-order valence-corrected chi connectivity index (χ4v) is 10.0. The van der Waals surface area contributed by atoms with Crippen molar-refractivity contribution in [1.29, 1.82) is 0 Å². The quantitative estimate of drug-likeness (QED) is 0.166. The predicted octanol–water partition coefficient (Wildman–Crippen LogP) is 15.7. The third-order valence-electron chi connectivity index (χ3n) is 13.1. The van der Waals surface area contributed by atoms with Crippen molar-refractivity contribution in [2.75, 3.05) is 0 Å². The van der Waals surface area contributed by atoms with E-state index in [1.165, 1.54) is 32.7 Å². The van der Waals surface area contributed by atoms with Gasteiger partial charge in [0, 0.05) is 60.9 Å². The lowest BCUT2D eigenvalue weighted by molar-refractivity contribution is 0.667. The maximum absolute atomic E-state index is 6.34. The van der Waals surface area contributed by atoms with Crippen molar-refractivity contribution < 1.29 is 8.83 Å². The first-order chi connectivity index (χ1) is 33.2. The van der Waals surface area contributed by atoms with Crippen LogP contribution in [0, 0.1) is 0 Å². The van der Waals surface area contributed by atoms with Gasteiger partial charge in [-0.2, -0.15) is 0 Å². The van der Waals surface area contributed by atoms with Crippen LogP contribution in [-0.2, 0) is 0 Å². The summed E-state index contributed by atoms with van der Waals surface area (Å²) < 4.78 is 15.0. The fraction of sp³-hybridized carbons (Fsp3) is 0. The van der Waals surface area contributed by atoms with Crippen LogP contribution in [-0.4, -0.2) is 24.5 Å². The van der Waals surface area contributed by atoms with E-state index in [1.807, 2.05) is 48.7 Å². The molecule has 14 rings (SSSR count). The topological polar surface area (TPSA) is 82.8 Å². The molecule has 0 atom stereocenters. The Kier molecular flexibility index (Phi) is 8.15. The lowest BCUT2D eigenvalue weighted by Crippen LogP contribution is -2.01. The van der Waals surface area contributed by atoms with Crippen molar-refractivity contribution in [2.45, 2.75) is 0 Å². The van der Waals surface area contributed by atoms with Gasteiger partial charge in [0.05, 0.1) is 17.2 Å². The minimum Gasteiger partial charge on any atom is -0.456 e. The molecule has 5 heterocycles. The number of pyridine rings is 1. The van der Waals surface area contributed by atoms with Gasteiger partial charge in [-0.3, -0.25) is 4.98 Å². The van der Waals surface area contributed by atoms with Gasteiger partial charge in [0.1, 0.15) is 16.7 Å². The Balaban J connectivity index is 0.936. The number of para-hydroxylation sites is 2. The number of nitrogens with zero attached hydrogens (tertiary/aromatic N) is 5. The largest absolute Gasteiger partial charge is 0.456 e. The monoisotopic (exact) mass is 857 g/mol. The molecule has 0 bridgehead atoms. The van der Waals surface area contributed by atoms with Crippen molar-refractivity contribution in [3.05, 3.63) is 213 Å². The molecule has 0 saturated carbocycles. The number of hydrogen-bond acceptors (Lipinski definition) is 6. The number of furan rings is 2. The third-order valence-corrected chi connectivity index (χ3v) is 13.1. The second kappa shape index (κ2) is 14.7. The van der Waals surface area contributed by atoms with Gasteiger partial charge in [-0.1, -0.05) is 146 Å². The highest BCUT2D eigenvalue weighted by Gasteiger charge is 2.21. The van der Waals surface area contributed by atoms with E-state index in [0.29, 0.717) is 23.1 Å². The molecule has 0 amide bonds. The van der Waals surface area contributed by atoms with Crippen LogP contribution in [0.15, 0.2) is 221 Å². The number of rotatable bonds is 6. The molecular weight excluding hydrogens is 823 g/mol. The second-order valence-electron chi connectivity index (χ2n) is 17.0. The first kappa shape index (κ1) is 37.2. The molecule has 0 aliphatic rings.